The van der Waals surface area contributed by atoms with Crippen LogP contribution in [-0.4, -0.2) is 16.2 Å². The minimum Gasteiger partial charge on any atom is -0.508 e. The number of hydrogen-bond acceptors (Lipinski definition) is 4. The molecule has 114 valence electrons. The molecule has 0 aliphatic heterocycles. The van der Waals surface area contributed by atoms with E-state index in [9.17, 15) is 19.2 Å². The van der Waals surface area contributed by atoms with Crippen LogP contribution in [0.4, 0.5) is 4.39 Å². The van der Waals surface area contributed by atoms with E-state index in [2.05, 4.69) is 5.18 Å². The lowest BCUT2D eigenvalue weighted by atomic mass is 9.98. The van der Waals surface area contributed by atoms with Crippen LogP contribution < -0.4 is 0 Å². The third kappa shape index (κ3) is 3.66. The summed E-state index contributed by atoms with van der Waals surface area (Å²) in [4.78, 5) is 21.4. The van der Waals surface area contributed by atoms with E-state index < -0.39 is 17.8 Å². The van der Waals surface area contributed by atoms with E-state index in [-0.39, 0.29) is 24.2 Å². The molecule has 1 atom stereocenters. The number of carboxylic acids is 1. The van der Waals surface area contributed by atoms with Crippen LogP contribution in [0.1, 0.15) is 24.4 Å². The second kappa shape index (κ2) is 6.80. The maximum Gasteiger partial charge on any atom is 0.303 e. The van der Waals surface area contributed by atoms with Gasteiger partial charge in [0, 0.05) is 12.0 Å². The number of nitroso groups, excluding NO2 is 1. The number of nitrogens with zero attached hydrogens (tertiary/aromatic N) is 1. The van der Waals surface area contributed by atoms with Crippen molar-refractivity contribution in [2.24, 2.45) is 5.18 Å². The number of halogens is 1. The molecule has 0 heterocycles. The van der Waals surface area contributed by atoms with Gasteiger partial charge in [0.1, 0.15) is 17.6 Å². The smallest absolute Gasteiger partial charge is 0.303 e. The number of rotatable bonds is 6. The van der Waals surface area contributed by atoms with Crippen LogP contribution in [0.15, 0.2) is 47.6 Å². The lowest BCUT2D eigenvalue weighted by molar-refractivity contribution is -0.137. The quantitative estimate of drug-likeness (QED) is 0.793. The molecule has 22 heavy (non-hydrogen) atoms. The molecule has 0 bridgehead atoms. The van der Waals surface area contributed by atoms with Gasteiger partial charge in [-0.3, -0.25) is 4.79 Å². The van der Waals surface area contributed by atoms with Crippen LogP contribution in [0.3, 0.4) is 0 Å². The zero-order valence-electron chi connectivity index (χ0n) is 11.6. The molecule has 0 fully saturated rings. The molecule has 0 saturated heterocycles. The summed E-state index contributed by atoms with van der Waals surface area (Å²) in [7, 11) is 0. The first-order valence-corrected chi connectivity index (χ1v) is 6.64. The largest absolute Gasteiger partial charge is 0.508 e. The Kier molecular flexibility index (Phi) is 4.83. The molecule has 0 spiro atoms. The summed E-state index contributed by atoms with van der Waals surface area (Å²) in [6.45, 7) is 0. The maximum atomic E-state index is 14.2. The molecule has 0 aromatic heterocycles. The van der Waals surface area contributed by atoms with E-state index in [0.29, 0.717) is 11.1 Å². The van der Waals surface area contributed by atoms with Crippen molar-refractivity contribution in [3.63, 3.8) is 0 Å². The summed E-state index contributed by atoms with van der Waals surface area (Å²) in [5.41, 5.74) is 1.38. The predicted molar refractivity (Wildman–Crippen MR) is 78.9 cm³/mol. The molecule has 5 nitrogen and oxygen atoms in total. The van der Waals surface area contributed by atoms with Gasteiger partial charge in [0.2, 0.25) is 0 Å². The molecule has 0 aliphatic rings. The molecule has 0 amide bonds. The lowest BCUT2D eigenvalue weighted by Crippen LogP contribution is -2.03. The Hall–Kier alpha value is -2.76. The highest BCUT2D eigenvalue weighted by molar-refractivity contribution is 5.67. The highest BCUT2D eigenvalue weighted by Crippen LogP contribution is 2.29. The predicted octanol–water partition coefficient (Wildman–Crippen LogP) is 3.87. The molecule has 6 heteroatoms. The molecule has 0 aliphatic carbocycles. The number of hydrogen-bond donors (Lipinski definition) is 2. The van der Waals surface area contributed by atoms with Gasteiger partial charge in [-0.2, -0.15) is 4.91 Å². The fourth-order valence-electron chi connectivity index (χ4n) is 2.16. The van der Waals surface area contributed by atoms with Gasteiger partial charge < -0.3 is 10.2 Å². The molecular weight excluding hydrogens is 289 g/mol. The Morgan fingerprint density at radius 3 is 2.32 bits per heavy atom. The van der Waals surface area contributed by atoms with Crippen molar-refractivity contribution in [2.75, 3.05) is 0 Å². The Morgan fingerprint density at radius 2 is 1.77 bits per heavy atom. The lowest BCUT2D eigenvalue weighted by Gasteiger charge is -2.11. The van der Waals surface area contributed by atoms with Crippen LogP contribution in [-0.2, 0) is 4.79 Å². The number of carboxylic acid groups (broad SMARTS) is 1. The number of aliphatic carboxylic acids is 1. The number of phenols is 1. The van der Waals surface area contributed by atoms with Crippen LogP contribution in [0, 0.1) is 10.7 Å². The van der Waals surface area contributed by atoms with E-state index in [4.69, 9.17) is 5.11 Å². The minimum atomic E-state index is -1.06. The molecule has 0 radical (unpaired) electrons. The van der Waals surface area contributed by atoms with Gasteiger partial charge in [-0.05, 0) is 35.7 Å². The summed E-state index contributed by atoms with van der Waals surface area (Å²) in [5, 5.41) is 20.7. The fourth-order valence-corrected chi connectivity index (χ4v) is 2.16. The molecular formula is C16H14FNO4. The molecule has 2 aromatic carbocycles. The molecule has 2 aromatic rings. The minimum absolute atomic E-state index is 0.0473. The first-order valence-electron chi connectivity index (χ1n) is 6.64. The zero-order chi connectivity index (χ0) is 16.1. The van der Waals surface area contributed by atoms with E-state index in [0.717, 1.165) is 0 Å². The van der Waals surface area contributed by atoms with E-state index >= 15 is 0 Å². The first-order chi connectivity index (χ1) is 10.5. The van der Waals surface area contributed by atoms with Crippen molar-refractivity contribution in [1.29, 1.82) is 0 Å². The third-order valence-corrected chi connectivity index (χ3v) is 3.32. The Morgan fingerprint density at radius 1 is 1.14 bits per heavy atom. The van der Waals surface area contributed by atoms with Gasteiger partial charge in [-0.1, -0.05) is 29.4 Å². The maximum absolute atomic E-state index is 14.2. The first kappa shape index (κ1) is 15.6. The number of phenolic OH excluding ortho intramolecular Hbond substituents is 1. The van der Waals surface area contributed by atoms with Gasteiger partial charge in [-0.15, -0.1) is 0 Å². The van der Waals surface area contributed by atoms with E-state index in [1.807, 2.05) is 0 Å². The zero-order valence-corrected chi connectivity index (χ0v) is 11.6. The topological polar surface area (TPSA) is 87.0 Å². The SMILES string of the molecule is O=NC(CCC(=O)O)c1ccc(-c2ccc(O)cc2)cc1F. The molecule has 2 N–H and O–H groups in total. The molecule has 0 saturated carbocycles. The second-order valence-corrected chi connectivity index (χ2v) is 4.84. The average Bonchev–Trinajstić information content (AvgIpc) is 2.49. The monoisotopic (exact) mass is 303 g/mol. The van der Waals surface area contributed by atoms with Crippen molar-refractivity contribution in [3.05, 3.63) is 58.8 Å². The highest BCUT2D eigenvalue weighted by atomic mass is 19.1. The summed E-state index contributed by atoms with van der Waals surface area (Å²) in [6.07, 6.45) is -0.302. The Bertz CT molecular complexity index is 685. The molecule has 2 rings (SSSR count). The summed E-state index contributed by atoms with van der Waals surface area (Å²) >= 11 is 0. The fraction of sp³-hybridized carbons (Fsp3) is 0.188. The molecule has 1 unspecified atom stereocenters. The van der Waals surface area contributed by atoms with Crippen LogP contribution in [0.5, 0.6) is 5.75 Å². The average molecular weight is 303 g/mol. The van der Waals surface area contributed by atoms with Crippen molar-refractivity contribution < 1.29 is 19.4 Å². The second-order valence-electron chi connectivity index (χ2n) is 4.84. The van der Waals surface area contributed by atoms with Crippen molar-refractivity contribution in [3.8, 4) is 16.9 Å². The van der Waals surface area contributed by atoms with Gasteiger partial charge in [0.25, 0.3) is 0 Å². The number of carbonyl (C=O) groups is 1. The van der Waals surface area contributed by atoms with Crippen LogP contribution >= 0.6 is 0 Å². The Labute approximate surface area is 126 Å². The van der Waals surface area contributed by atoms with Gasteiger partial charge >= 0.3 is 5.97 Å². The third-order valence-electron chi connectivity index (χ3n) is 3.32. The summed E-state index contributed by atoms with van der Waals surface area (Å²) in [6, 6.07) is 9.57. The van der Waals surface area contributed by atoms with E-state index in [1.54, 1.807) is 18.2 Å². The van der Waals surface area contributed by atoms with Crippen molar-refractivity contribution in [2.45, 2.75) is 18.9 Å². The Balaban J connectivity index is 2.26. The van der Waals surface area contributed by atoms with Gasteiger partial charge in [-0.25, -0.2) is 4.39 Å². The standard InChI is InChI=1S/C16H14FNO4/c17-14-9-11(10-1-4-12(19)5-2-10)3-6-13(14)15(18-22)7-8-16(20)21/h1-6,9,15,19H,7-8H2,(H,20,21). The van der Waals surface area contributed by atoms with Gasteiger partial charge in [0.15, 0.2) is 0 Å². The summed E-state index contributed by atoms with van der Waals surface area (Å²) in [5.74, 6) is -1.56. The van der Waals surface area contributed by atoms with E-state index in [1.165, 1.54) is 24.3 Å². The number of benzene rings is 2. The summed E-state index contributed by atoms with van der Waals surface area (Å²) < 4.78 is 14.2. The van der Waals surface area contributed by atoms with Crippen LogP contribution in [0.2, 0.25) is 0 Å². The van der Waals surface area contributed by atoms with Crippen molar-refractivity contribution >= 4 is 5.97 Å². The van der Waals surface area contributed by atoms with Crippen molar-refractivity contribution in [1.82, 2.24) is 0 Å². The number of aromatic hydroxyl groups is 1. The van der Waals surface area contributed by atoms with Crippen LogP contribution in [0.25, 0.3) is 11.1 Å². The van der Waals surface area contributed by atoms with Gasteiger partial charge in [0.05, 0.1) is 0 Å². The highest BCUT2D eigenvalue weighted by Gasteiger charge is 2.18. The normalized spacial score (nSPS) is 11.9.